The van der Waals surface area contributed by atoms with Crippen molar-refractivity contribution >= 4 is 11.9 Å². The van der Waals surface area contributed by atoms with Crippen LogP contribution in [0.1, 0.15) is 51.9 Å². The van der Waals surface area contributed by atoms with Crippen LogP contribution in [0.2, 0.25) is 0 Å². The molecule has 2 saturated heterocycles. The van der Waals surface area contributed by atoms with Gasteiger partial charge < -0.3 is 19.1 Å². The average molecular weight is 335 g/mol. The SMILES string of the molecule is CC1=C(C(=O)N2CCC3(CC2)OCCO3)C2(CCCCC2)OC1=O. The van der Waals surface area contributed by atoms with E-state index in [1.165, 1.54) is 0 Å². The smallest absolute Gasteiger partial charge is 0.335 e. The van der Waals surface area contributed by atoms with E-state index in [1.807, 2.05) is 4.90 Å². The number of hydrogen-bond acceptors (Lipinski definition) is 5. The van der Waals surface area contributed by atoms with Crippen LogP contribution in [-0.2, 0) is 23.8 Å². The number of likely N-dealkylation sites (tertiary alicyclic amines) is 1. The molecule has 3 aliphatic heterocycles. The lowest BCUT2D eigenvalue weighted by Crippen LogP contribution is -2.50. The van der Waals surface area contributed by atoms with E-state index in [2.05, 4.69) is 0 Å². The number of esters is 1. The highest BCUT2D eigenvalue weighted by Crippen LogP contribution is 2.45. The summed E-state index contributed by atoms with van der Waals surface area (Å²) in [6, 6.07) is 0. The molecule has 0 atom stereocenters. The molecule has 4 aliphatic rings. The van der Waals surface area contributed by atoms with E-state index in [4.69, 9.17) is 14.2 Å². The molecule has 0 bridgehead atoms. The Bertz CT molecular complexity index is 574. The van der Waals surface area contributed by atoms with E-state index in [9.17, 15) is 9.59 Å². The average Bonchev–Trinajstić information content (AvgIpc) is 3.12. The van der Waals surface area contributed by atoms with E-state index < -0.39 is 11.4 Å². The second-order valence-corrected chi connectivity index (χ2v) is 7.34. The first-order valence-electron chi connectivity index (χ1n) is 9.07. The molecule has 132 valence electrons. The van der Waals surface area contributed by atoms with Gasteiger partial charge in [-0.1, -0.05) is 6.42 Å². The van der Waals surface area contributed by atoms with Crippen molar-refractivity contribution in [3.05, 3.63) is 11.1 Å². The lowest BCUT2D eigenvalue weighted by Gasteiger charge is -2.40. The van der Waals surface area contributed by atoms with Crippen LogP contribution in [0.4, 0.5) is 0 Å². The molecule has 0 aromatic carbocycles. The number of rotatable bonds is 1. The molecule has 3 heterocycles. The fourth-order valence-corrected chi connectivity index (χ4v) is 4.57. The fraction of sp³-hybridized carbons (Fsp3) is 0.778. The minimum atomic E-state index is -0.675. The third kappa shape index (κ3) is 2.47. The van der Waals surface area contributed by atoms with Gasteiger partial charge in [0.05, 0.1) is 18.8 Å². The standard InChI is InChI=1S/C18H25NO5/c1-13-14(17(24-16(13)21)5-3-2-4-6-17)15(20)19-9-7-18(8-10-19)22-11-12-23-18/h2-12H2,1H3. The normalized spacial score (nSPS) is 28.7. The first kappa shape index (κ1) is 16.1. The molecule has 0 aromatic heterocycles. The number of amides is 1. The first-order chi connectivity index (χ1) is 11.6. The number of nitrogens with zero attached hydrogens (tertiary/aromatic N) is 1. The Morgan fingerprint density at radius 3 is 2.25 bits per heavy atom. The number of carbonyl (C=O) groups excluding carboxylic acids is 2. The van der Waals surface area contributed by atoms with E-state index in [1.54, 1.807) is 6.92 Å². The quantitative estimate of drug-likeness (QED) is 0.685. The predicted molar refractivity (Wildman–Crippen MR) is 85.1 cm³/mol. The molecule has 6 heteroatoms. The van der Waals surface area contributed by atoms with Crippen molar-refractivity contribution in [1.29, 1.82) is 0 Å². The molecule has 0 aromatic rings. The fourth-order valence-electron chi connectivity index (χ4n) is 4.57. The number of carbonyl (C=O) groups is 2. The van der Waals surface area contributed by atoms with E-state index >= 15 is 0 Å². The minimum Gasteiger partial charge on any atom is -0.451 e. The lowest BCUT2D eigenvalue weighted by atomic mass is 9.78. The highest BCUT2D eigenvalue weighted by atomic mass is 16.7. The zero-order chi connectivity index (χ0) is 16.8. The van der Waals surface area contributed by atoms with E-state index in [0.29, 0.717) is 50.3 Å². The van der Waals surface area contributed by atoms with Gasteiger partial charge in [0, 0.05) is 31.5 Å². The maximum absolute atomic E-state index is 13.2. The molecule has 4 rings (SSSR count). The van der Waals surface area contributed by atoms with Gasteiger partial charge in [0.2, 0.25) is 0 Å². The van der Waals surface area contributed by atoms with Gasteiger partial charge in [-0.05, 0) is 32.6 Å². The molecule has 24 heavy (non-hydrogen) atoms. The highest BCUT2D eigenvalue weighted by molar-refractivity contribution is 6.07. The molecule has 3 fully saturated rings. The summed E-state index contributed by atoms with van der Waals surface area (Å²) in [5.41, 5.74) is 0.429. The Labute approximate surface area is 142 Å². The summed E-state index contributed by atoms with van der Waals surface area (Å²) in [5.74, 6) is -0.852. The van der Waals surface area contributed by atoms with Crippen LogP contribution >= 0.6 is 0 Å². The van der Waals surface area contributed by atoms with Crippen molar-refractivity contribution in [2.75, 3.05) is 26.3 Å². The Balaban J connectivity index is 1.53. The van der Waals surface area contributed by atoms with Crippen molar-refractivity contribution in [2.45, 2.75) is 63.3 Å². The van der Waals surface area contributed by atoms with Gasteiger partial charge in [-0.25, -0.2) is 4.79 Å². The van der Waals surface area contributed by atoms with Crippen LogP contribution in [0.25, 0.3) is 0 Å². The lowest BCUT2D eigenvalue weighted by molar-refractivity contribution is -0.187. The molecule has 0 unspecified atom stereocenters. The monoisotopic (exact) mass is 335 g/mol. The van der Waals surface area contributed by atoms with E-state index in [-0.39, 0.29) is 11.9 Å². The largest absolute Gasteiger partial charge is 0.451 e. The summed E-state index contributed by atoms with van der Waals surface area (Å²) in [5, 5.41) is 0. The van der Waals surface area contributed by atoms with Crippen LogP contribution in [0.15, 0.2) is 11.1 Å². The van der Waals surface area contributed by atoms with Gasteiger partial charge in [-0.3, -0.25) is 4.79 Å². The van der Waals surface area contributed by atoms with Crippen LogP contribution in [0.5, 0.6) is 0 Å². The third-order valence-electron chi connectivity index (χ3n) is 5.93. The van der Waals surface area contributed by atoms with Crippen LogP contribution in [0, 0.1) is 0 Å². The summed E-state index contributed by atoms with van der Waals surface area (Å²) in [4.78, 5) is 27.2. The second kappa shape index (κ2) is 5.85. The molecule has 0 N–H and O–H groups in total. The molecule has 0 radical (unpaired) electrons. The maximum Gasteiger partial charge on any atom is 0.335 e. The summed E-state index contributed by atoms with van der Waals surface area (Å²) < 4.78 is 17.2. The van der Waals surface area contributed by atoms with Crippen molar-refractivity contribution in [3.8, 4) is 0 Å². The van der Waals surface area contributed by atoms with Gasteiger partial charge in [-0.2, -0.15) is 0 Å². The van der Waals surface area contributed by atoms with Crippen molar-refractivity contribution in [2.24, 2.45) is 0 Å². The minimum absolute atomic E-state index is 0.0342. The second-order valence-electron chi connectivity index (χ2n) is 7.34. The topological polar surface area (TPSA) is 65.1 Å². The Kier molecular flexibility index (Phi) is 3.92. The zero-order valence-corrected chi connectivity index (χ0v) is 14.3. The summed E-state index contributed by atoms with van der Waals surface area (Å²) in [7, 11) is 0. The molecular weight excluding hydrogens is 310 g/mol. The summed E-state index contributed by atoms with van der Waals surface area (Å²) in [6.07, 6.45) is 6.05. The number of ether oxygens (including phenoxy) is 3. The molecule has 1 amide bonds. The Morgan fingerprint density at radius 1 is 1.00 bits per heavy atom. The number of hydrogen-bond donors (Lipinski definition) is 0. The van der Waals surface area contributed by atoms with Crippen LogP contribution in [-0.4, -0.2) is 54.5 Å². The van der Waals surface area contributed by atoms with Crippen molar-refractivity contribution < 1.29 is 23.8 Å². The predicted octanol–water partition coefficient (Wildman–Crippen LogP) is 1.93. The van der Waals surface area contributed by atoms with Gasteiger partial charge in [-0.15, -0.1) is 0 Å². The summed E-state index contributed by atoms with van der Waals surface area (Å²) in [6.45, 7) is 4.18. The van der Waals surface area contributed by atoms with Gasteiger partial charge in [0.1, 0.15) is 5.60 Å². The zero-order valence-electron chi connectivity index (χ0n) is 14.3. The molecular formula is C18H25NO5. The molecule has 1 aliphatic carbocycles. The Morgan fingerprint density at radius 2 is 1.62 bits per heavy atom. The Hall–Kier alpha value is -1.40. The summed E-state index contributed by atoms with van der Waals surface area (Å²) >= 11 is 0. The van der Waals surface area contributed by atoms with Crippen LogP contribution in [0.3, 0.4) is 0 Å². The van der Waals surface area contributed by atoms with Gasteiger partial charge in [0.15, 0.2) is 5.79 Å². The third-order valence-corrected chi connectivity index (χ3v) is 5.93. The van der Waals surface area contributed by atoms with Crippen LogP contribution < -0.4 is 0 Å². The van der Waals surface area contributed by atoms with Crippen molar-refractivity contribution in [1.82, 2.24) is 4.90 Å². The van der Waals surface area contributed by atoms with E-state index in [0.717, 1.165) is 32.1 Å². The van der Waals surface area contributed by atoms with Gasteiger partial charge >= 0.3 is 5.97 Å². The molecule has 6 nitrogen and oxygen atoms in total. The number of piperidine rings is 1. The molecule has 1 saturated carbocycles. The molecule has 2 spiro atoms. The maximum atomic E-state index is 13.2. The highest BCUT2D eigenvalue weighted by Gasteiger charge is 2.51. The van der Waals surface area contributed by atoms with Crippen molar-refractivity contribution in [3.63, 3.8) is 0 Å². The van der Waals surface area contributed by atoms with Gasteiger partial charge in [0.25, 0.3) is 5.91 Å². The first-order valence-corrected chi connectivity index (χ1v) is 9.07.